The van der Waals surface area contributed by atoms with Crippen LogP contribution in [0.3, 0.4) is 0 Å². The van der Waals surface area contributed by atoms with E-state index in [9.17, 15) is 0 Å². The Kier molecular flexibility index (Phi) is 2.89. The third-order valence-corrected chi connectivity index (χ3v) is 2.50. The molecule has 1 unspecified atom stereocenters. The van der Waals surface area contributed by atoms with Crippen molar-refractivity contribution in [2.24, 2.45) is 5.84 Å². The van der Waals surface area contributed by atoms with Crippen molar-refractivity contribution in [3.8, 4) is 0 Å². The maximum absolute atomic E-state index is 5.53. The van der Waals surface area contributed by atoms with Crippen LogP contribution < -0.4 is 11.3 Å². The van der Waals surface area contributed by atoms with Gasteiger partial charge in [-0.25, -0.2) is 0 Å². The molecule has 0 aliphatic rings. The summed E-state index contributed by atoms with van der Waals surface area (Å²) in [6.45, 7) is 1.93. The average molecular weight is 206 g/mol. The largest absolute Gasteiger partial charge is 0.472 e. The molecule has 15 heavy (non-hydrogen) atoms. The minimum atomic E-state index is 0.0568. The highest BCUT2D eigenvalue weighted by atomic mass is 16.3. The van der Waals surface area contributed by atoms with Crippen molar-refractivity contribution in [2.45, 2.75) is 19.4 Å². The minimum Gasteiger partial charge on any atom is -0.472 e. The van der Waals surface area contributed by atoms with Crippen LogP contribution in [-0.2, 0) is 6.42 Å². The number of rotatable bonds is 4. The number of hydrazine groups is 1. The molecule has 0 radical (unpaired) electrons. The quantitative estimate of drug-likeness (QED) is 0.592. The van der Waals surface area contributed by atoms with E-state index in [1.54, 1.807) is 18.8 Å². The van der Waals surface area contributed by atoms with Gasteiger partial charge in [-0.2, -0.15) is 0 Å². The van der Waals surface area contributed by atoms with Gasteiger partial charge in [0.25, 0.3) is 0 Å². The standard InChI is InChI=1S/C11H14N2O2/c1-8-10(3-5-15-8)11(13-12)6-9-2-4-14-7-9/h2-5,7,11,13H,6,12H2,1H3. The summed E-state index contributed by atoms with van der Waals surface area (Å²) in [5, 5.41) is 0. The molecule has 4 nitrogen and oxygen atoms in total. The lowest BCUT2D eigenvalue weighted by molar-refractivity contribution is 0.499. The molecule has 2 aromatic rings. The summed E-state index contributed by atoms with van der Waals surface area (Å²) < 4.78 is 10.3. The van der Waals surface area contributed by atoms with Gasteiger partial charge in [-0.3, -0.25) is 11.3 Å². The third-order valence-electron chi connectivity index (χ3n) is 2.50. The first kappa shape index (κ1) is 10.0. The van der Waals surface area contributed by atoms with Crippen molar-refractivity contribution in [1.29, 1.82) is 0 Å². The van der Waals surface area contributed by atoms with E-state index >= 15 is 0 Å². The molecule has 0 aliphatic carbocycles. The van der Waals surface area contributed by atoms with Gasteiger partial charge in [-0.1, -0.05) is 0 Å². The second-order valence-corrected chi connectivity index (χ2v) is 3.49. The number of hydrogen-bond donors (Lipinski definition) is 2. The monoisotopic (exact) mass is 206 g/mol. The van der Waals surface area contributed by atoms with E-state index in [0.717, 1.165) is 23.3 Å². The summed E-state index contributed by atoms with van der Waals surface area (Å²) in [5.74, 6) is 6.42. The van der Waals surface area contributed by atoms with Crippen molar-refractivity contribution >= 4 is 0 Å². The van der Waals surface area contributed by atoms with Crippen LogP contribution in [0.2, 0.25) is 0 Å². The maximum Gasteiger partial charge on any atom is 0.105 e. The molecule has 0 spiro atoms. The lowest BCUT2D eigenvalue weighted by Gasteiger charge is -2.13. The minimum absolute atomic E-state index is 0.0568. The van der Waals surface area contributed by atoms with Gasteiger partial charge in [0, 0.05) is 5.56 Å². The summed E-state index contributed by atoms with van der Waals surface area (Å²) >= 11 is 0. The Balaban J connectivity index is 2.15. The molecule has 0 aliphatic heterocycles. The first-order chi connectivity index (χ1) is 7.31. The molecular weight excluding hydrogens is 192 g/mol. The fourth-order valence-electron chi connectivity index (χ4n) is 1.66. The van der Waals surface area contributed by atoms with Gasteiger partial charge in [0.1, 0.15) is 5.76 Å². The van der Waals surface area contributed by atoms with Gasteiger partial charge >= 0.3 is 0 Å². The number of nitrogens with one attached hydrogen (secondary N) is 1. The zero-order valence-electron chi connectivity index (χ0n) is 8.57. The number of furan rings is 2. The number of hydrogen-bond acceptors (Lipinski definition) is 4. The highest BCUT2D eigenvalue weighted by Gasteiger charge is 2.15. The highest BCUT2D eigenvalue weighted by Crippen LogP contribution is 2.21. The molecule has 0 fully saturated rings. The van der Waals surface area contributed by atoms with Crippen molar-refractivity contribution in [2.75, 3.05) is 0 Å². The normalized spacial score (nSPS) is 12.9. The topological polar surface area (TPSA) is 64.3 Å². The van der Waals surface area contributed by atoms with Crippen LogP contribution in [0, 0.1) is 6.92 Å². The Morgan fingerprint density at radius 1 is 1.40 bits per heavy atom. The Bertz CT molecular complexity index is 406. The summed E-state index contributed by atoms with van der Waals surface area (Å²) in [7, 11) is 0. The van der Waals surface area contributed by atoms with E-state index in [0.29, 0.717) is 0 Å². The molecule has 4 heteroatoms. The predicted molar refractivity (Wildman–Crippen MR) is 55.9 cm³/mol. The molecule has 2 aromatic heterocycles. The molecule has 0 saturated carbocycles. The van der Waals surface area contributed by atoms with E-state index in [-0.39, 0.29) is 6.04 Å². The maximum atomic E-state index is 5.53. The van der Waals surface area contributed by atoms with Gasteiger partial charge in [0.15, 0.2) is 0 Å². The number of aryl methyl sites for hydroxylation is 1. The van der Waals surface area contributed by atoms with E-state index in [1.807, 2.05) is 19.1 Å². The smallest absolute Gasteiger partial charge is 0.105 e. The van der Waals surface area contributed by atoms with Gasteiger partial charge in [0.05, 0.1) is 24.8 Å². The first-order valence-electron chi connectivity index (χ1n) is 4.82. The molecule has 2 heterocycles. The van der Waals surface area contributed by atoms with Crippen molar-refractivity contribution in [1.82, 2.24) is 5.43 Å². The first-order valence-corrected chi connectivity index (χ1v) is 4.82. The van der Waals surface area contributed by atoms with Crippen molar-refractivity contribution in [3.05, 3.63) is 47.8 Å². The summed E-state index contributed by atoms with van der Waals surface area (Å²) in [6, 6.07) is 3.92. The van der Waals surface area contributed by atoms with Crippen LogP contribution in [0.1, 0.15) is 22.9 Å². The zero-order chi connectivity index (χ0) is 10.7. The molecular formula is C11H14N2O2. The van der Waals surface area contributed by atoms with Crippen LogP contribution in [-0.4, -0.2) is 0 Å². The van der Waals surface area contributed by atoms with Crippen molar-refractivity contribution in [3.63, 3.8) is 0 Å². The lowest BCUT2D eigenvalue weighted by atomic mass is 10.0. The highest BCUT2D eigenvalue weighted by molar-refractivity contribution is 5.22. The molecule has 80 valence electrons. The van der Waals surface area contributed by atoms with Gasteiger partial charge < -0.3 is 8.83 Å². The summed E-state index contributed by atoms with van der Waals surface area (Å²) in [6.07, 6.45) is 5.84. The zero-order valence-corrected chi connectivity index (χ0v) is 8.57. The molecule has 0 aromatic carbocycles. The van der Waals surface area contributed by atoms with Crippen molar-refractivity contribution < 1.29 is 8.83 Å². The second-order valence-electron chi connectivity index (χ2n) is 3.49. The van der Waals surface area contributed by atoms with Gasteiger partial charge in [-0.05, 0) is 31.0 Å². The van der Waals surface area contributed by atoms with Crippen LogP contribution in [0.5, 0.6) is 0 Å². The number of nitrogens with two attached hydrogens (primary N) is 1. The molecule has 0 bridgehead atoms. The fourth-order valence-corrected chi connectivity index (χ4v) is 1.66. The lowest BCUT2D eigenvalue weighted by Crippen LogP contribution is -2.29. The van der Waals surface area contributed by atoms with Gasteiger partial charge in [-0.15, -0.1) is 0 Å². The predicted octanol–water partition coefficient (Wildman–Crippen LogP) is 1.93. The second kappa shape index (κ2) is 4.33. The van der Waals surface area contributed by atoms with E-state index < -0.39 is 0 Å². The van der Waals surface area contributed by atoms with Crippen LogP contribution in [0.15, 0.2) is 39.8 Å². The molecule has 1 atom stereocenters. The Hall–Kier alpha value is -1.52. The molecule has 3 N–H and O–H groups in total. The van der Waals surface area contributed by atoms with Crippen LogP contribution in [0.4, 0.5) is 0 Å². The third kappa shape index (κ3) is 2.11. The Morgan fingerprint density at radius 3 is 2.80 bits per heavy atom. The SMILES string of the molecule is Cc1occc1C(Cc1ccoc1)NN. The Labute approximate surface area is 88.0 Å². The summed E-state index contributed by atoms with van der Waals surface area (Å²) in [5.41, 5.74) is 4.97. The molecule has 0 amide bonds. The molecule has 0 saturated heterocycles. The molecule has 2 rings (SSSR count). The van der Waals surface area contributed by atoms with E-state index in [2.05, 4.69) is 5.43 Å². The van der Waals surface area contributed by atoms with E-state index in [1.165, 1.54) is 0 Å². The van der Waals surface area contributed by atoms with Crippen LogP contribution in [0.25, 0.3) is 0 Å². The van der Waals surface area contributed by atoms with E-state index in [4.69, 9.17) is 14.7 Å². The summed E-state index contributed by atoms with van der Waals surface area (Å²) in [4.78, 5) is 0. The average Bonchev–Trinajstić information content (AvgIpc) is 2.85. The van der Waals surface area contributed by atoms with Crippen LogP contribution >= 0.6 is 0 Å². The Morgan fingerprint density at radius 2 is 2.27 bits per heavy atom. The van der Waals surface area contributed by atoms with Gasteiger partial charge in [0.2, 0.25) is 0 Å². The fraction of sp³-hybridized carbons (Fsp3) is 0.273.